The molecule has 0 atom stereocenters. The van der Waals surface area contributed by atoms with Gasteiger partial charge in [0, 0.05) is 5.39 Å². The fraction of sp³-hybridized carbons (Fsp3) is 0.0526. The average molecular weight is 344 g/mol. The number of para-hydroxylation sites is 2. The Morgan fingerprint density at radius 1 is 1.19 bits per heavy atom. The van der Waals surface area contributed by atoms with Crippen LogP contribution in [-0.4, -0.2) is 15.5 Å². The Bertz CT molecular complexity index is 1250. The zero-order valence-corrected chi connectivity index (χ0v) is 13.5. The summed E-state index contributed by atoms with van der Waals surface area (Å²) in [5, 5.41) is 12.5. The predicted octanol–water partition coefficient (Wildman–Crippen LogP) is 2.65. The van der Waals surface area contributed by atoms with Gasteiger partial charge in [0.25, 0.3) is 5.56 Å². The maximum absolute atomic E-state index is 12.6. The highest BCUT2D eigenvalue weighted by molar-refractivity contribution is 6.01. The maximum Gasteiger partial charge on any atom is 0.297 e. The third kappa shape index (κ3) is 2.59. The number of benzene rings is 2. The lowest BCUT2D eigenvalue weighted by Gasteiger charge is -2.08. The molecule has 4 aromatic rings. The second-order valence-electron chi connectivity index (χ2n) is 5.66. The van der Waals surface area contributed by atoms with Crippen LogP contribution >= 0.6 is 0 Å². The summed E-state index contributed by atoms with van der Waals surface area (Å²) in [5.74, 6) is -0.438. The molecule has 0 spiro atoms. The Hall–Kier alpha value is -3.92. The van der Waals surface area contributed by atoms with Gasteiger partial charge < -0.3 is 9.73 Å². The van der Waals surface area contributed by atoms with Crippen LogP contribution in [0.4, 0.5) is 5.69 Å². The van der Waals surface area contributed by atoms with E-state index in [0.29, 0.717) is 22.4 Å². The van der Waals surface area contributed by atoms with E-state index < -0.39 is 11.5 Å². The van der Waals surface area contributed by atoms with Gasteiger partial charge in [-0.2, -0.15) is 5.26 Å². The van der Waals surface area contributed by atoms with Gasteiger partial charge in [0.15, 0.2) is 0 Å². The van der Waals surface area contributed by atoms with Gasteiger partial charge in [0.05, 0.1) is 17.6 Å². The first kappa shape index (κ1) is 15.6. The van der Waals surface area contributed by atoms with E-state index >= 15 is 0 Å². The van der Waals surface area contributed by atoms with Gasteiger partial charge in [-0.25, -0.2) is 4.98 Å². The molecular formula is C19H12N4O3. The molecule has 1 amide bonds. The number of nitrogens with zero attached hydrogens (tertiary/aromatic N) is 3. The molecule has 0 aliphatic rings. The topological polar surface area (TPSA) is 101 Å². The van der Waals surface area contributed by atoms with Gasteiger partial charge in [-0.1, -0.05) is 24.3 Å². The number of hydrogen-bond donors (Lipinski definition) is 1. The first-order chi connectivity index (χ1) is 12.7. The second kappa shape index (κ2) is 6.18. The van der Waals surface area contributed by atoms with Gasteiger partial charge in [-0.3, -0.25) is 14.2 Å². The Morgan fingerprint density at radius 3 is 2.81 bits per heavy atom. The molecular weight excluding hydrogens is 332 g/mol. The van der Waals surface area contributed by atoms with Gasteiger partial charge in [0.1, 0.15) is 23.7 Å². The number of anilines is 1. The van der Waals surface area contributed by atoms with E-state index in [1.165, 1.54) is 10.9 Å². The number of nitriles is 1. The number of rotatable bonds is 3. The lowest BCUT2D eigenvalue weighted by Crippen LogP contribution is -2.27. The highest BCUT2D eigenvalue weighted by Crippen LogP contribution is 2.24. The molecule has 0 saturated heterocycles. The molecule has 1 N–H and O–H groups in total. The van der Waals surface area contributed by atoms with Crippen LogP contribution in [-0.2, 0) is 11.3 Å². The predicted molar refractivity (Wildman–Crippen MR) is 95.6 cm³/mol. The molecule has 7 heteroatoms. The smallest absolute Gasteiger partial charge is 0.297 e. The van der Waals surface area contributed by atoms with Crippen LogP contribution in [0, 0.1) is 11.3 Å². The van der Waals surface area contributed by atoms with Crippen molar-refractivity contribution in [3.8, 4) is 6.07 Å². The Morgan fingerprint density at radius 2 is 1.96 bits per heavy atom. The lowest BCUT2D eigenvalue weighted by molar-refractivity contribution is -0.116. The number of aromatic nitrogens is 2. The number of fused-ring (bicyclic) bond motifs is 3. The van der Waals surface area contributed by atoms with E-state index in [0.717, 1.165) is 5.39 Å². The summed E-state index contributed by atoms with van der Waals surface area (Å²) in [6.07, 6.45) is 1.32. The van der Waals surface area contributed by atoms with Crippen LogP contribution < -0.4 is 10.9 Å². The summed E-state index contributed by atoms with van der Waals surface area (Å²) in [5.41, 5.74) is 1.45. The number of carbonyl (C=O) groups excluding carboxylic acids is 1. The van der Waals surface area contributed by atoms with Crippen LogP contribution in [0.1, 0.15) is 5.56 Å². The van der Waals surface area contributed by atoms with E-state index in [9.17, 15) is 9.59 Å². The van der Waals surface area contributed by atoms with Gasteiger partial charge >= 0.3 is 0 Å². The molecule has 4 rings (SSSR count). The molecule has 0 saturated carbocycles. The zero-order valence-electron chi connectivity index (χ0n) is 13.5. The molecule has 126 valence electrons. The fourth-order valence-electron chi connectivity index (χ4n) is 2.76. The summed E-state index contributed by atoms with van der Waals surface area (Å²) in [4.78, 5) is 29.1. The minimum absolute atomic E-state index is 0.110. The first-order valence-corrected chi connectivity index (χ1v) is 7.83. The Kier molecular flexibility index (Phi) is 3.71. The van der Waals surface area contributed by atoms with E-state index in [-0.39, 0.29) is 12.1 Å². The maximum atomic E-state index is 12.6. The molecule has 0 fully saturated rings. The molecule has 0 radical (unpaired) electrons. The van der Waals surface area contributed by atoms with E-state index in [4.69, 9.17) is 9.68 Å². The largest absolute Gasteiger partial charge is 0.448 e. The van der Waals surface area contributed by atoms with E-state index in [1.54, 1.807) is 30.3 Å². The second-order valence-corrected chi connectivity index (χ2v) is 5.66. The van der Waals surface area contributed by atoms with Crippen LogP contribution in [0.2, 0.25) is 0 Å². The number of furan rings is 1. The summed E-state index contributed by atoms with van der Waals surface area (Å²) in [7, 11) is 0. The molecule has 2 aromatic carbocycles. The summed E-state index contributed by atoms with van der Waals surface area (Å²) >= 11 is 0. The fourth-order valence-corrected chi connectivity index (χ4v) is 2.76. The Labute approximate surface area is 147 Å². The van der Waals surface area contributed by atoms with Crippen molar-refractivity contribution in [2.24, 2.45) is 0 Å². The first-order valence-electron chi connectivity index (χ1n) is 7.83. The summed E-state index contributed by atoms with van der Waals surface area (Å²) in [6, 6.07) is 15.9. The van der Waals surface area contributed by atoms with E-state index in [2.05, 4.69) is 10.3 Å². The molecule has 7 nitrogen and oxygen atoms in total. The van der Waals surface area contributed by atoms with Crippen molar-refractivity contribution in [1.29, 1.82) is 5.26 Å². The lowest BCUT2D eigenvalue weighted by atomic mass is 10.2. The average Bonchev–Trinajstić information content (AvgIpc) is 3.04. The van der Waals surface area contributed by atoms with Crippen molar-refractivity contribution in [3.63, 3.8) is 0 Å². The van der Waals surface area contributed by atoms with Crippen molar-refractivity contribution < 1.29 is 9.21 Å². The molecule has 0 bridgehead atoms. The van der Waals surface area contributed by atoms with Crippen molar-refractivity contribution in [2.75, 3.05) is 5.32 Å². The third-order valence-electron chi connectivity index (χ3n) is 3.99. The monoisotopic (exact) mass is 344 g/mol. The molecule has 0 aliphatic heterocycles. The van der Waals surface area contributed by atoms with Crippen molar-refractivity contribution in [1.82, 2.24) is 9.55 Å². The summed E-state index contributed by atoms with van der Waals surface area (Å²) < 4.78 is 6.77. The number of hydrogen-bond acceptors (Lipinski definition) is 5. The van der Waals surface area contributed by atoms with Gasteiger partial charge in [-0.15, -0.1) is 0 Å². The quantitative estimate of drug-likeness (QED) is 0.616. The highest BCUT2D eigenvalue weighted by Gasteiger charge is 2.15. The minimum atomic E-state index is -0.438. The number of amides is 1. The standard InChI is InChI=1S/C19H12N4O3/c20-9-12-5-1-3-7-14(12)22-16(24)10-23-11-21-17-13-6-2-4-8-15(13)26-18(17)19(23)25/h1-8,11H,10H2,(H,22,24). The minimum Gasteiger partial charge on any atom is -0.448 e. The van der Waals surface area contributed by atoms with Crippen molar-refractivity contribution in [3.05, 3.63) is 70.8 Å². The van der Waals surface area contributed by atoms with Crippen molar-refractivity contribution in [2.45, 2.75) is 6.54 Å². The van der Waals surface area contributed by atoms with Crippen molar-refractivity contribution >= 4 is 33.7 Å². The number of carbonyl (C=O) groups is 1. The van der Waals surface area contributed by atoms with Gasteiger partial charge in [-0.05, 0) is 24.3 Å². The van der Waals surface area contributed by atoms with Crippen LogP contribution in [0.25, 0.3) is 22.1 Å². The molecule has 0 unspecified atom stereocenters. The molecule has 26 heavy (non-hydrogen) atoms. The van der Waals surface area contributed by atoms with Crippen LogP contribution in [0.15, 0.2) is 64.1 Å². The SMILES string of the molecule is N#Cc1ccccc1NC(=O)Cn1cnc2c(oc3ccccc32)c1=O. The van der Waals surface area contributed by atoms with E-state index in [1.807, 2.05) is 24.3 Å². The normalized spacial score (nSPS) is 10.7. The third-order valence-corrected chi connectivity index (χ3v) is 3.99. The highest BCUT2D eigenvalue weighted by atomic mass is 16.3. The van der Waals surface area contributed by atoms with Crippen LogP contribution in [0.3, 0.4) is 0 Å². The Balaban J connectivity index is 1.66. The molecule has 0 aliphatic carbocycles. The van der Waals surface area contributed by atoms with Gasteiger partial charge in [0.2, 0.25) is 11.5 Å². The number of nitrogens with one attached hydrogen (secondary N) is 1. The molecule has 2 heterocycles. The molecule has 2 aromatic heterocycles. The summed E-state index contributed by atoms with van der Waals surface area (Å²) in [6.45, 7) is -0.238. The van der Waals surface area contributed by atoms with Crippen LogP contribution in [0.5, 0.6) is 0 Å². The zero-order chi connectivity index (χ0) is 18.1.